The second-order valence-electron chi connectivity index (χ2n) is 13.7. The number of anilines is 3. The molecule has 8 aromatic carbocycles. The summed E-state index contributed by atoms with van der Waals surface area (Å²) in [4.78, 5) is 2.26. The highest BCUT2D eigenvalue weighted by Gasteiger charge is 2.36. The zero-order chi connectivity index (χ0) is 38.5. The molecule has 0 N–H and O–H groups in total. The van der Waals surface area contributed by atoms with Crippen LogP contribution >= 0.6 is 0 Å². The van der Waals surface area contributed by atoms with E-state index in [9.17, 15) is 0 Å². The normalized spacial score (nSPS) is 14.4. The maximum Gasteiger partial charge on any atom is 0.159 e. The standard InChI is InChI=1S/C49H35NO/c1-49(2)43-22-12-11-19-38(43)39-29-28-36(30-44(39)49)50(35-26-24-33(25-27-35)32-14-5-3-6-15-32)45-23-13-21-41-47-40-20-10-9-18-37(40)42(31-46(47)51-48(41)45)34-16-7-4-8-17-34/h3-31H,1-2H3/i4D,7D,8D,16D,17D. The van der Waals surface area contributed by atoms with Crippen LogP contribution in [0, 0.1) is 0 Å². The largest absolute Gasteiger partial charge is 0.454 e. The van der Waals surface area contributed by atoms with Crippen LogP contribution in [-0.4, -0.2) is 0 Å². The van der Waals surface area contributed by atoms with E-state index in [-0.39, 0.29) is 35.1 Å². The van der Waals surface area contributed by atoms with E-state index >= 15 is 0 Å². The second-order valence-corrected chi connectivity index (χ2v) is 13.7. The van der Waals surface area contributed by atoms with Gasteiger partial charge in [-0.05, 0) is 91.7 Å². The number of benzene rings is 8. The summed E-state index contributed by atoms with van der Waals surface area (Å²) in [5, 5.41) is 3.47. The van der Waals surface area contributed by atoms with Crippen LogP contribution in [0.5, 0.6) is 0 Å². The highest BCUT2D eigenvalue weighted by Crippen LogP contribution is 2.52. The maximum atomic E-state index is 8.83. The number of nitrogens with zero attached hydrogens (tertiary/aromatic N) is 1. The molecule has 10 rings (SSSR count). The number of hydrogen-bond donors (Lipinski definition) is 0. The van der Waals surface area contributed by atoms with Crippen molar-refractivity contribution in [1.82, 2.24) is 0 Å². The third-order valence-corrected chi connectivity index (χ3v) is 10.6. The molecule has 0 atom stereocenters. The highest BCUT2D eigenvalue weighted by atomic mass is 16.3. The van der Waals surface area contributed by atoms with Gasteiger partial charge in [-0.15, -0.1) is 0 Å². The summed E-state index contributed by atoms with van der Waals surface area (Å²) in [5.41, 5.74) is 11.9. The van der Waals surface area contributed by atoms with Gasteiger partial charge in [0.25, 0.3) is 0 Å². The Bertz CT molecular complexity index is 3030. The average molecular weight is 659 g/mol. The number of para-hydroxylation sites is 1. The van der Waals surface area contributed by atoms with E-state index in [0.29, 0.717) is 16.7 Å². The predicted octanol–water partition coefficient (Wildman–Crippen LogP) is 13.8. The molecule has 2 nitrogen and oxygen atoms in total. The first-order chi connectivity index (χ1) is 27.1. The predicted molar refractivity (Wildman–Crippen MR) is 214 cm³/mol. The Morgan fingerprint density at radius 3 is 2.00 bits per heavy atom. The lowest BCUT2D eigenvalue weighted by Crippen LogP contribution is -2.16. The summed E-state index contributed by atoms with van der Waals surface area (Å²) in [6.07, 6.45) is 0. The Labute approximate surface area is 304 Å². The molecule has 1 aliphatic carbocycles. The van der Waals surface area contributed by atoms with Gasteiger partial charge in [0.05, 0.1) is 12.5 Å². The van der Waals surface area contributed by atoms with E-state index in [1.807, 2.05) is 36.4 Å². The lowest BCUT2D eigenvalue weighted by molar-refractivity contribution is 0.660. The van der Waals surface area contributed by atoms with Crippen molar-refractivity contribution >= 4 is 49.8 Å². The zero-order valence-electron chi connectivity index (χ0n) is 33.2. The number of hydrogen-bond acceptors (Lipinski definition) is 2. The van der Waals surface area contributed by atoms with Crippen molar-refractivity contribution in [3.63, 3.8) is 0 Å². The quantitative estimate of drug-likeness (QED) is 0.183. The summed E-state index contributed by atoms with van der Waals surface area (Å²) in [7, 11) is 0. The van der Waals surface area contributed by atoms with Gasteiger partial charge >= 0.3 is 0 Å². The Kier molecular flexibility index (Phi) is 5.49. The molecule has 2 heteroatoms. The van der Waals surface area contributed by atoms with Crippen molar-refractivity contribution in [2.45, 2.75) is 19.3 Å². The Morgan fingerprint density at radius 2 is 1.18 bits per heavy atom. The van der Waals surface area contributed by atoms with Crippen LogP contribution in [0.3, 0.4) is 0 Å². The molecule has 51 heavy (non-hydrogen) atoms. The van der Waals surface area contributed by atoms with E-state index in [2.05, 4.69) is 128 Å². The molecule has 9 aromatic rings. The fraction of sp³-hybridized carbons (Fsp3) is 0.0612. The van der Waals surface area contributed by atoms with Crippen molar-refractivity contribution in [2.24, 2.45) is 0 Å². The van der Waals surface area contributed by atoms with Crippen molar-refractivity contribution in [2.75, 3.05) is 4.90 Å². The minimum atomic E-state index is -0.418. The van der Waals surface area contributed by atoms with E-state index in [1.165, 1.54) is 22.3 Å². The van der Waals surface area contributed by atoms with Gasteiger partial charge in [-0.25, -0.2) is 0 Å². The molecule has 0 saturated heterocycles. The molecule has 0 bridgehead atoms. The van der Waals surface area contributed by atoms with Crippen molar-refractivity contribution < 1.29 is 11.3 Å². The van der Waals surface area contributed by atoms with E-state index in [0.717, 1.165) is 49.7 Å². The topological polar surface area (TPSA) is 16.4 Å². The Balaban J connectivity index is 1.23. The monoisotopic (exact) mass is 658 g/mol. The first-order valence-corrected chi connectivity index (χ1v) is 17.3. The highest BCUT2D eigenvalue weighted by molar-refractivity contribution is 6.23. The molecule has 0 radical (unpaired) electrons. The van der Waals surface area contributed by atoms with Gasteiger partial charge < -0.3 is 9.32 Å². The smallest absolute Gasteiger partial charge is 0.159 e. The maximum absolute atomic E-state index is 8.83. The first-order valence-electron chi connectivity index (χ1n) is 19.8. The van der Waals surface area contributed by atoms with Crippen LogP contribution in [0.4, 0.5) is 17.1 Å². The number of rotatable bonds is 5. The number of fused-ring (bicyclic) bond motifs is 8. The molecule has 0 amide bonds. The Morgan fingerprint density at radius 1 is 0.510 bits per heavy atom. The molecule has 1 aliphatic rings. The van der Waals surface area contributed by atoms with Gasteiger partial charge in [-0.2, -0.15) is 0 Å². The second kappa shape index (κ2) is 11.3. The molecule has 0 spiro atoms. The van der Waals surface area contributed by atoms with Crippen molar-refractivity contribution in [3.8, 4) is 33.4 Å². The van der Waals surface area contributed by atoms with Crippen LogP contribution < -0.4 is 4.90 Å². The summed E-state index contributed by atoms with van der Waals surface area (Å²) < 4.78 is 49.6. The summed E-state index contributed by atoms with van der Waals surface area (Å²) >= 11 is 0. The Hall–Kier alpha value is -6.38. The van der Waals surface area contributed by atoms with Crippen LogP contribution in [0.15, 0.2) is 180 Å². The average Bonchev–Trinajstić information content (AvgIpc) is 3.72. The molecule has 0 unspecified atom stereocenters. The molecule has 1 aromatic heterocycles. The summed E-state index contributed by atoms with van der Waals surface area (Å²) in [6, 6.07) is 48.6. The molecule has 242 valence electrons. The van der Waals surface area contributed by atoms with Crippen molar-refractivity contribution in [3.05, 3.63) is 187 Å². The lowest BCUT2D eigenvalue weighted by atomic mass is 9.82. The molecule has 1 heterocycles. The fourth-order valence-corrected chi connectivity index (χ4v) is 8.11. The van der Waals surface area contributed by atoms with E-state index < -0.39 is 6.04 Å². The third-order valence-electron chi connectivity index (χ3n) is 10.6. The molecule has 0 fully saturated rings. The minimum absolute atomic E-state index is 0.150. The third kappa shape index (κ3) is 4.57. The van der Waals surface area contributed by atoms with Gasteiger partial charge in [0.2, 0.25) is 0 Å². The molecular weight excluding hydrogens is 619 g/mol. The van der Waals surface area contributed by atoms with Gasteiger partial charge in [0, 0.05) is 27.6 Å². The van der Waals surface area contributed by atoms with E-state index in [4.69, 9.17) is 11.3 Å². The molecule has 0 saturated carbocycles. The molecular formula is C49H35NO. The van der Waals surface area contributed by atoms with Gasteiger partial charge in [0.1, 0.15) is 5.58 Å². The van der Waals surface area contributed by atoms with Crippen LogP contribution in [0.25, 0.3) is 66.1 Å². The molecule has 0 aliphatic heterocycles. The minimum Gasteiger partial charge on any atom is -0.454 e. The van der Waals surface area contributed by atoms with Crippen LogP contribution in [0.1, 0.15) is 31.8 Å². The van der Waals surface area contributed by atoms with Crippen molar-refractivity contribution in [1.29, 1.82) is 0 Å². The van der Waals surface area contributed by atoms with Crippen LogP contribution in [0.2, 0.25) is 0 Å². The van der Waals surface area contributed by atoms with Gasteiger partial charge in [0.15, 0.2) is 5.58 Å². The summed E-state index contributed by atoms with van der Waals surface area (Å²) in [5.74, 6) is 0. The van der Waals surface area contributed by atoms with E-state index in [1.54, 1.807) is 0 Å². The van der Waals surface area contributed by atoms with Gasteiger partial charge in [-0.1, -0.05) is 153 Å². The fourth-order valence-electron chi connectivity index (χ4n) is 8.11. The zero-order valence-corrected chi connectivity index (χ0v) is 28.2. The SMILES string of the molecule is [2H]c1c([2H])c([2H])c(-c2cc3oc4c(N(c5ccc(-c6ccccc6)cc5)c5ccc6c(c5)C(C)(C)c5ccccc5-6)cccc4c3c3ccccc23)c([2H])c1[2H]. The number of furan rings is 1. The van der Waals surface area contributed by atoms with Gasteiger partial charge in [-0.3, -0.25) is 0 Å². The first kappa shape index (κ1) is 24.7. The van der Waals surface area contributed by atoms with Crippen LogP contribution in [-0.2, 0) is 5.41 Å². The summed E-state index contributed by atoms with van der Waals surface area (Å²) in [6.45, 7) is 4.58. The lowest BCUT2D eigenvalue weighted by Gasteiger charge is -2.28.